The van der Waals surface area contributed by atoms with Crippen LogP contribution in [0.15, 0.2) is 42.5 Å². The van der Waals surface area contributed by atoms with Crippen molar-refractivity contribution in [3.05, 3.63) is 48.0 Å². The number of benzene rings is 2. The first-order valence-electron chi connectivity index (χ1n) is 9.71. The van der Waals surface area contributed by atoms with Gasteiger partial charge in [-0.3, -0.25) is 9.59 Å². The molecule has 0 saturated carbocycles. The molecule has 28 heavy (non-hydrogen) atoms. The van der Waals surface area contributed by atoms with E-state index in [9.17, 15) is 9.59 Å². The summed E-state index contributed by atoms with van der Waals surface area (Å²) in [4.78, 5) is 24.9. The van der Waals surface area contributed by atoms with E-state index in [1.54, 1.807) is 18.2 Å². The first-order valence-corrected chi connectivity index (χ1v) is 9.71. The lowest BCUT2D eigenvalue weighted by molar-refractivity contribution is -0.123. The topological polar surface area (TPSA) is 76.7 Å². The van der Waals surface area contributed by atoms with Crippen LogP contribution < -0.4 is 20.1 Å². The molecule has 1 heterocycles. The molecule has 0 saturated heterocycles. The molecule has 6 heteroatoms. The highest BCUT2D eigenvalue weighted by Gasteiger charge is 2.30. The molecule has 1 unspecified atom stereocenters. The quantitative estimate of drug-likeness (QED) is 0.712. The molecule has 0 fully saturated rings. The van der Waals surface area contributed by atoms with Gasteiger partial charge in [-0.15, -0.1) is 0 Å². The number of carbonyl (C=O) groups is 2. The maximum Gasteiger partial charge on any atom is 0.232 e. The predicted molar refractivity (Wildman–Crippen MR) is 109 cm³/mol. The van der Waals surface area contributed by atoms with Crippen LogP contribution in [0.1, 0.15) is 44.6 Å². The Bertz CT molecular complexity index is 850. The van der Waals surface area contributed by atoms with Gasteiger partial charge in [0.05, 0.1) is 19.1 Å². The molecule has 0 radical (unpaired) electrons. The van der Waals surface area contributed by atoms with E-state index < -0.39 is 5.92 Å². The van der Waals surface area contributed by atoms with Gasteiger partial charge in [0.15, 0.2) is 11.5 Å². The van der Waals surface area contributed by atoms with Gasteiger partial charge in [0.1, 0.15) is 0 Å². The third kappa shape index (κ3) is 4.63. The number of hydrogen-bond acceptors (Lipinski definition) is 4. The van der Waals surface area contributed by atoms with Crippen molar-refractivity contribution >= 4 is 23.2 Å². The monoisotopic (exact) mass is 382 g/mol. The Balaban J connectivity index is 1.79. The normalized spacial score (nSPS) is 15.4. The molecular formula is C22H26N2O4. The second kappa shape index (κ2) is 9.26. The number of fused-ring (bicyclic) bond motifs is 1. The van der Waals surface area contributed by atoms with E-state index in [1.807, 2.05) is 38.1 Å². The molecule has 0 bridgehead atoms. The number of para-hydroxylation sites is 1. The fraction of sp³-hybridized carbons (Fsp3) is 0.364. The van der Waals surface area contributed by atoms with Crippen molar-refractivity contribution in [1.29, 1.82) is 0 Å². The van der Waals surface area contributed by atoms with E-state index in [1.165, 1.54) is 0 Å². The Kier molecular flexibility index (Phi) is 6.53. The number of carbonyl (C=O) groups excluding carboxylic acids is 2. The van der Waals surface area contributed by atoms with Crippen LogP contribution in [0, 0.1) is 0 Å². The number of hydrogen-bond donors (Lipinski definition) is 2. The van der Waals surface area contributed by atoms with Gasteiger partial charge >= 0.3 is 0 Å². The number of anilines is 2. The summed E-state index contributed by atoms with van der Waals surface area (Å²) in [5, 5.41) is 5.73. The van der Waals surface area contributed by atoms with Crippen LogP contribution in [-0.2, 0) is 9.59 Å². The largest absolute Gasteiger partial charge is 0.490 e. The van der Waals surface area contributed by atoms with Crippen molar-refractivity contribution in [3.8, 4) is 11.5 Å². The van der Waals surface area contributed by atoms with Gasteiger partial charge in [-0.1, -0.05) is 32.0 Å². The van der Waals surface area contributed by atoms with Gasteiger partial charge < -0.3 is 20.1 Å². The standard InChI is InChI=1S/C22H26N2O4/c1-3-11-27-19-10-9-15(13-20(19)28-12-4-2)23-22(26)17-14-21(25)24-18-8-6-5-7-16(17)18/h5-10,13,17H,3-4,11-12,14H2,1-2H3,(H,23,26)(H,24,25). The van der Waals surface area contributed by atoms with Gasteiger partial charge in [0, 0.05) is 23.9 Å². The van der Waals surface area contributed by atoms with Gasteiger partial charge in [-0.2, -0.15) is 0 Å². The maximum atomic E-state index is 12.9. The first kappa shape index (κ1) is 19.7. The zero-order valence-corrected chi connectivity index (χ0v) is 16.3. The molecule has 2 N–H and O–H groups in total. The van der Waals surface area contributed by atoms with Crippen LogP contribution in [0.5, 0.6) is 11.5 Å². The van der Waals surface area contributed by atoms with Gasteiger partial charge in [-0.25, -0.2) is 0 Å². The Morgan fingerprint density at radius 1 is 1.07 bits per heavy atom. The highest BCUT2D eigenvalue weighted by molar-refractivity contribution is 6.05. The molecule has 1 aliphatic rings. The summed E-state index contributed by atoms with van der Waals surface area (Å²) in [6.45, 7) is 5.24. The Morgan fingerprint density at radius 3 is 2.54 bits per heavy atom. The fourth-order valence-corrected chi connectivity index (χ4v) is 3.12. The van der Waals surface area contributed by atoms with E-state index in [0.29, 0.717) is 36.1 Å². The average molecular weight is 382 g/mol. The number of amides is 2. The fourth-order valence-electron chi connectivity index (χ4n) is 3.12. The molecule has 148 valence electrons. The summed E-state index contributed by atoms with van der Waals surface area (Å²) in [6, 6.07) is 12.8. The Labute approximate surface area is 165 Å². The summed E-state index contributed by atoms with van der Waals surface area (Å²) in [5.74, 6) is 0.367. The maximum absolute atomic E-state index is 12.9. The lowest BCUT2D eigenvalue weighted by atomic mass is 9.90. The van der Waals surface area contributed by atoms with E-state index in [4.69, 9.17) is 9.47 Å². The van der Waals surface area contributed by atoms with Crippen molar-refractivity contribution in [1.82, 2.24) is 0 Å². The molecule has 3 rings (SSSR count). The van der Waals surface area contributed by atoms with Crippen molar-refractivity contribution in [2.75, 3.05) is 23.8 Å². The molecule has 2 amide bonds. The Morgan fingerprint density at radius 2 is 1.79 bits per heavy atom. The summed E-state index contributed by atoms with van der Waals surface area (Å²) in [5.41, 5.74) is 2.13. The highest BCUT2D eigenvalue weighted by atomic mass is 16.5. The van der Waals surface area contributed by atoms with Gasteiger partial charge in [0.2, 0.25) is 11.8 Å². The SMILES string of the molecule is CCCOc1ccc(NC(=O)C2CC(=O)Nc3ccccc32)cc1OCCC. The van der Waals surface area contributed by atoms with E-state index in [0.717, 1.165) is 18.4 Å². The third-order valence-electron chi connectivity index (χ3n) is 4.45. The second-order valence-electron chi connectivity index (χ2n) is 6.74. The zero-order valence-electron chi connectivity index (χ0n) is 16.3. The number of ether oxygens (including phenoxy) is 2. The Hall–Kier alpha value is -3.02. The summed E-state index contributed by atoms with van der Waals surface area (Å²) < 4.78 is 11.5. The molecular weight excluding hydrogens is 356 g/mol. The van der Waals surface area contributed by atoms with Gasteiger partial charge in [-0.05, 0) is 36.6 Å². The van der Waals surface area contributed by atoms with E-state index in [2.05, 4.69) is 10.6 Å². The van der Waals surface area contributed by atoms with Crippen molar-refractivity contribution < 1.29 is 19.1 Å². The average Bonchev–Trinajstić information content (AvgIpc) is 2.70. The molecule has 6 nitrogen and oxygen atoms in total. The summed E-state index contributed by atoms with van der Waals surface area (Å²) in [6.07, 6.45) is 1.90. The van der Waals surface area contributed by atoms with E-state index in [-0.39, 0.29) is 18.2 Å². The molecule has 0 aromatic heterocycles. The lowest BCUT2D eigenvalue weighted by Gasteiger charge is -2.25. The highest BCUT2D eigenvalue weighted by Crippen LogP contribution is 2.34. The predicted octanol–water partition coefficient (Wildman–Crippen LogP) is 4.33. The van der Waals surface area contributed by atoms with Crippen LogP contribution in [0.25, 0.3) is 0 Å². The van der Waals surface area contributed by atoms with Crippen LogP contribution in [-0.4, -0.2) is 25.0 Å². The molecule has 1 atom stereocenters. The van der Waals surface area contributed by atoms with Gasteiger partial charge in [0.25, 0.3) is 0 Å². The van der Waals surface area contributed by atoms with Crippen LogP contribution in [0.2, 0.25) is 0 Å². The third-order valence-corrected chi connectivity index (χ3v) is 4.45. The first-order chi connectivity index (χ1) is 13.6. The molecule has 2 aromatic rings. The molecule has 2 aromatic carbocycles. The molecule has 0 aliphatic carbocycles. The minimum absolute atomic E-state index is 0.125. The van der Waals surface area contributed by atoms with Crippen LogP contribution in [0.4, 0.5) is 11.4 Å². The summed E-state index contributed by atoms with van der Waals surface area (Å²) in [7, 11) is 0. The second-order valence-corrected chi connectivity index (χ2v) is 6.74. The number of rotatable bonds is 8. The van der Waals surface area contributed by atoms with Crippen LogP contribution in [0.3, 0.4) is 0 Å². The molecule has 0 spiro atoms. The lowest BCUT2D eigenvalue weighted by Crippen LogP contribution is -2.30. The number of nitrogens with one attached hydrogen (secondary N) is 2. The zero-order chi connectivity index (χ0) is 19.9. The van der Waals surface area contributed by atoms with E-state index >= 15 is 0 Å². The summed E-state index contributed by atoms with van der Waals surface area (Å²) >= 11 is 0. The van der Waals surface area contributed by atoms with Crippen molar-refractivity contribution in [3.63, 3.8) is 0 Å². The minimum Gasteiger partial charge on any atom is -0.490 e. The van der Waals surface area contributed by atoms with Crippen molar-refractivity contribution in [2.24, 2.45) is 0 Å². The smallest absolute Gasteiger partial charge is 0.232 e. The van der Waals surface area contributed by atoms with Crippen LogP contribution >= 0.6 is 0 Å². The van der Waals surface area contributed by atoms with Crippen molar-refractivity contribution in [2.45, 2.75) is 39.0 Å². The minimum atomic E-state index is -0.527. The molecule has 1 aliphatic heterocycles.